The molecule has 17 heavy (non-hydrogen) atoms. The summed E-state index contributed by atoms with van der Waals surface area (Å²) in [5.41, 5.74) is 0. The highest BCUT2D eigenvalue weighted by Gasteiger charge is 2.27. The van der Waals surface area contributed by atoms with E-state index in [9.17, 15) is 5.11 Å². The first-order chi connectivity index (χ1) is 7.84. The zero-order valence-electron chi connectivity index (χ0n) is 12.6. The van der Waals surface area contributed by atoms with Gasteiger partial charge in [0, 0.05) is 6.54 Å². The second-order valence-electron chi connectivity index (χ2n) is 5.25. The van der Waals surface area contributed by atoms with E-state index in [1.54, 1.807) is 0 Å². The topological polar surface area (TPSA) is 30.0 Å². The minimum absolute atomic E-state index is 0.294. The summed E-state index contributed by atoms with van der Waals surface area (Å²) in [4.78, 5) is 6.85. The summed E-state index contributed by atoms with van der Waals surface area (Å²) < 4.78 is 0. The molecule has 4 heteroatoms. The van der Waals surface area contributed by atoms with Gasteiger partial charge in [0.15, 0.2) is 0 Å². The number of aliphatic hydroxyl groups is 1. The number of hydrogen-bond acceptors (Lipinski definition) is 4. The lowest BCUT2D eigenvalue weighted by Crippen LogP contribution is -2.56. The van der Waals surface area contributed by atoms with Crippen molar-refractivity contribution in [2.24, 2.45) is 0 Å². The van der Waals surface area contributed by atoms with E-state index in [0.717, 1.165) is 12.8 Å². The van der Waals surface area contributed by atoms with Gasteiger partial charge in [0.2, 0.25) is 0 Å². The van der Waals surface area contributed by atoms with Crippen LogP contribution < -0.4 is 0 Å². The lowest BCUT2D eigenvalue weighted by molar-refractivity contribution is -0.0416. The molecule has 3 unspecified atom stereocenters. The number of aliphatic hydroxyl groups excluding tert-OH is 1. The van der Waals surface area contributed by atoms with Gasteiger partial charge in [-0.15, -0.1) is 0 Å². The molecule has 0 bridgehead atoms. The Hall–Kier alpha value is -0.160. The first-order valence-electron chi connectivity index (χ1n) is 6.61. The van der Waals surface area contributed by atoms with E-state index < -0.39 is 0 Å². The van der Waals surface area contributed by atoms with Gasteiger partial charge in [-0.2, -0.15) is 0 Å². The predicted octanol–water partition coefficient (Wildman–Crippen LogP) is 1.26. The Kier molecular flexibility index (Phi) is 7.96. The van der Waals surface area contributed by atoms with E-state index in [4.69, 9.17) is 0 Å². The van der Waals surface area contributed by atoms with Crippen LogP contribution in [-0.2, 0) is 0 Å². The first-order valence-corrected chi connectivity index (χ1v) is 6.61. The van der Waals surface area contributed by atoms with Crippen LogP contribution in [-0.4, -0.2) is 73.0 Å². The molecule has 0 fully saturated rings. The highest BCUT2D eigenvalue weighted by Crippen LogP contribution is 2.16. The Morgan fingerprint density at radius 1 is 0.882 bits per heavy atom. The van der Waals surface area contributed by atoms with Crippen molar-refractivity contribution in [2.75, 3.05) is 34.7 Å². The molecule has 3 atom stereocenters. The van der Waals surface area contributed by atoms with Crippen molar-refractivity contribution >= 4 is 0 Å². The van der Waals surface area contributed by atoms with Gasteiger partial charge in [0.25, 0.3) is 0 Å². The van der Waals surface area contributed by atoms with E-state index in [0.29, 0.717) is 18.9 Å². The standard InChI is InChI=1S/C13H31N3O/c1-8-12(14(4)5)16(10-11(3)17)13(9-2)15(6)7/h11-13,17H,8-10H2,1-7H3. The maximum Gasteiger partial charge on any atom is 0.0640 e. The molecular formula is C13H31N3O. The number of nitrogens with zero attached hydrogens (tertiary/aromatic N) is 3. The average Bonchev–Trinajstić information content (AvgIpc) is 2.17. The zero-order valence-corrected chi connectivity index (χ0v) is 12.6. The summed E-state index contributed by atoms with van der Waals surface area (Å²) in [6.45, 7) is 6.97. The Bertz CT molecular complexity index is 179. The van der Waals surface area contributed by atoms with Crippen molar-refractivity contribution < 1.29 is 5.11 Å². The third-order valence-electron chi connectivity index (χ3n) is 3.16. The van der Waals surface area contributed by atoms with Crippen LogP contribution in [0.25, 0.3) is 0 Å². The molecule has 1 N–H and O–H groups in total. The average molecular weight is 245 g/mol. The molecule has 0 spiro atoms. The molecule has 0 heterocycles. The first kappa shape index (κ1) is 16.8. The summed E-state index contributed by atoms with van der Waals surface area (Å²) in [5.74, 6) is 0. The normalized spacial score (nSPS) is 17.8. The van der Waals surface area contributed by atoms with Gasteiger partial charge in [0.05, 0.1) is 18.4 Å². The Labute approximate surface area is 107 Å². The predicted molar refractivity (Wildman–Crippen MR) is 73.9 cm³/mol. The van der Waals surface area contributed by atoms with Crippen LogP contribution in [0.15, 0.2) is 0 Å². The number of hydrogen-bond donors (Lipinski definition) is 1. The van der Waals surface area contributed by atoms with Crippen LogP contribution in [0.1, 0.15) is 33.6 Å². The molecule has 0 aliphatic heterocycles. The Morgan fingerprint density at radius 3 is 1.41 bits per heavy atom. The van der Waals surface area contributed by atoms with Crippen LogP contribution in [0.4, 0.5) is 0 Å². The van der Waals surface area contributed by atoms with Crippen LogP contribution >= 0.6 is 0 Å². The highest BCUT2D eigenvalue weighted by molar-refractivity contribution is 4.76. The minimum atomic E-state index is -0.294. The van der Waals surface area contributed by atoms with Crippen molar-refractivity contribution in [3.8, 4) is 0 Å². The van der Waals surface area contributed by atoms with Gasteiger partial charge in [-0.1, -0.05) is 13.8 Å². The molecule has 0 aliphatic carbocycles. The third-order valence-corrected chi connectivity index (χ3v) is 3.16. The van der Waals surface area contributed by atoms with Gasteiger partial charge >= 0.3 is 0 Å². The molecular weight excluding hydrogens is 214 g/mol. The SMILES string of the molecule is CCC(N(C)C)N(CC(C)O)C(CC)N(C)C. The van der Waals surface area contributed by atoms with Crippen LogP contribution in [0.5, 0.6) is 0 Å². The van der Waals surface area contributed by atoms with Crippen LogP contribution in [0, 0.1) is 0 Å². The maximum absolute atomic E-state index is 9.70. The highest BCUT2D eigenvalue weighted by atomic mass is 16.3. The van der Waals surface area contributed by atoms with E-state index in [-0.39, 0.29) is 6.10 Å². The molecule has 0 saturated carbocycles. The fourth-order valence-corrected chi connectivity index (χ4v) is 2.54. The lowest BCUT2D eigenvalue weighted by Gasteiger charge is -2.43. The minimum Gasteiger partial charge on any atom is -0.392 e. The van der Waals surface area contributed by atoms with E-state index in [2.05, 4.69) is 56.7 Å². The molecule has 104 valence electrons. The Balaban J connectivity index is 4.94. The van der Waals surface area contributed by atoms with E-state index in [1.165, 1.54) is 0 Å². The van der Waals surface area contributed by atoms with Gasteiger partial charge in [-0.3, -0.25) is 14.7 Å². The van der Waals surface area contributed by atoms with Crippen LogP contribution in [0.3, 0.4) is 0 Å². The molecule has 0 aliphatic rings. The molecule has 0 aromatic heterocycles. The summed E-state index contributed by atoms with van der Waals surface area (Å²) in [5, 5.41) is 9.70. The van der Waals surface area contributed by atoms with Crippen molar-refractivity contribution in [1.82, 2.24) is 14.7 Å². The molecule has 0 rings (SSSR count). The zero-order chi connectivity index (χ0) is 13.6. The van der Waals surface area contributed by atoms with Crippen molar-refractivity contribution in [3.63, 3.8) is 0 Å². The summed E-state index contributed by atoms with van der Waals surface area (Å²) in [6.07, 6.45) is 2.57. The van der Waals surface area contributed by atoms with Gasteiger partial charge in [0.1, 0.15) is 0 Å². The van der Waals surface area contributed by atoms with Crippen molar-refractivity contribution in [3.05, 3.63) is 0 Å². The molecule has 0 aromatic carbocycles. The quantitative estimate of drug-likeness (QED) is 0.652. The van der Waals surface area contributed by atoms with Gasteiger partial charge in [-0.25, -0.2) is 0 Å². The van der Waals surface area contributed by atoms with Gasteiger partial charge in [-0.05, 0) is 48.0 Å². The molecule has 4 nitrogen and oxygen atoms in total. The fraction of sp³-hybridized carbons (Fsp3) is 1.00. The fourth-order valence-electron chi connectivity index (χ4n) is 2.54. The van der Waals surface area contributed by atoms with Gasteiger partial charge < -0.3 is 5.11 Å². The Morgan fingerprint density at radius 2 is 1.24 bits per heavy atom. The maximum atomic E-state index is 9.70. The monoisotopic (exact) mass is 245 g/mol. The summed E-state index contributed by atoms with van der Waals surface area (Å²) in [7, 11) is 8.41. The van der Waals surface area contributed by atoms with E-state index >= 15 is 0 Å². The molecule has 0 saturated heterocycles. The largest absolute Gasteiger partial charge is 0.392 e. The summed E-state index contributed by atoms with van der Waals surface area (Å²) in [6, 6.07) is 0. The summed E-state index contributed by atoms with van der Waals surface area (Å²) >= 11 is 0. The molecule has 0 amide bonds. The second-order valence-corrected chi connectivity index (χ2v) is 5.25. The number of rotatable bonds is 8. The third kappa shape index (κ3) is 5.34. The lowest BCUT2D eigenvalue weighted by atomic mass is 10.2. The smallest absolute Gasteiger partial charge is 0.0640 e. The molecule has 0 radical (unpaired) electrons. The van der Waals surface area contributed by atoms with Crippen LogP contribution in [0.2, 0.25) is 0 Å². The second kappa shape index (κ2) is 8.03. The van der Waals surface area contributed by atoms with Crippen molar-refractivity contribution in [1.29, 1.82) is 0 Å². The van der Waals surface area contributed by atoms with E-state index in [1.807, 2.05) is 6.92 Å². The molecule has 0 aromatic rings. The van der Waals surface area contributed by atoms with Crippen molar-refractivity contribution in [2.45, 2.75) is 52.0 Å².